The molecule has 9 nitrogen and oxygen atoms in total. The maximum absolute atomic E-state index is 13.3. The molecule has 36 heavy (non-hydrogen) atoms. The molecule has 0 bridgehead atoms. The molecule has 1 aliphatic rings. The first kappa shape index (κ1) is 27.3. The van der Waals surface area contributed by atoms with Gasteiger partial charge in [-0.05, 0) is 57.0 Å². The van der Waals surface area contributed by atoms with Crippen LogP contribution in [-0.4, -0.2) is 59.3 Å². The van der Waals surface area contributed by atoms with Gasteiger partial charge in [0.2, 0.25) is 11.9 Å². The first-order valence-corrected chi connectivity index (χ1v) is 12.2. The molecule has 1 heterocycles. The van der Waals surface area contributed by atoms with Crippen molar-refractivity contribution in [3.8, 4) is 11.5 Å². The number of aliphatic hydroxyl groups excluding tert-OH is 2. The number of ether oxygens (including phenoxy) is 2. The summed E-state index contributed by atoms with van der Waals surface area (Å²) in [5, 5.41) is 28.6. The number of hydrogen-bond donors (Lipinski definition) is 4. The lowest BCUT2D eigenvalue weighted by Gasteiger charge is -2.34. The number of nitrogens with zero attached hydrogens (tertiary/aromatic N) is 2. The van der Waals surface area contributed by atoms with Crippen molar-refractivity contribution in [2.24, 2.45) is 10.8 Å². The van der Waals surface area contributed by atoms with Gasteiger partial charge >= 0.3 is 5.91 Å². The Labute approximate surface area is 212 Å². The standard InChI is InChI=1S/C27H36N4O5/c1-5-31(27(34)22-9-7-11-25(20(22)4)35-14-12-28)23(16-18(2)30-31)26(33)29-13-15-36-24-10-6-8-21(17-32)19(24)3/h6-11,16,27,32,34H,5,12-15,17,28H2,1-4H3/p+1. The van der Waals surface area contributed by atoms with E-state index in [0.717, 1.165) is 16.7 Å². The number of quaternary nitrogens is 1. The molecule has 0 aliphatic carbocycles. The van der Waals surface area contributed by atoms with E-state index in [2.05, 4.69) is 5.32 Å². The zero-order valence-corrected chi connectivity index (χ0v) is 21.5. The van der Waals surface area contributed by atoms with E-state index in [0.29, 0.717) is 48.2 Å². The molecule has 1 amide bonds. The molecule has 2 aromatic carbocycles. The van der Waals surface area contributed by atoms with E-state index in [1.54, 1.807) is 6.08 Å². The fraction of sp³-hybridized carbons (Fsp3) is 0.407. The lowest BCUT2D eigenvalue weighted by atomic mass is 10.0. The largest absolute Gasteiger partial charge is 0.492 e. The van der Waals surface area contributed by atoms with Crippen LogP contribution in [0.1, 0.15) is 42.3 Å². The van der Waals surface area contributed by atoms with Gasteiger partial charge in [-0.25, -0.2) is 0 Å². The van der Waals surface area contributed by atoms with Crippen molar-refractivity contribution in [1.82, 2.24) is 5.32 Å². The van der Waals surface area contributed by atoms with Gasteiger partial charge in [0.25, 0.3) is 0 Å². The van der Waals surface area contributed by atoms with Gasteiger partial charge in [-0.15, -0.1) is 4.59 Å². The molecule has 0 saturated heterocycles. The minimum Gasteiger partial charge on any atom is -0.492 e. The number of benzene rings is 2. The number of hydrogen-bond acceptors (Lipinski definition) is 7. The van der Waals surface area contributed by atoms with Crippen LogP contribution in [0.2, 0.25) is 0 Å². The summed E-state index contributed by atoms with van der Waals surface area (Å²) in [6.07, 6.45) is 0.605. The molecule has 2 aromatic rings. The molecular weight excluding hydrogens is 460 g/mol. The number of nitrogens with one attached hydrogen (secondary N) is 1. The summed E-state index contributed by atoms with van der Waals surface area (Å²) >= 11 is 0. The molecule has 5 N–H and O–H groups in total. The number of carbonyl (C=O) groups is 1. The smallest absolute Gasteiger partial charge is 0.308 e. The van der Waals surface area contributed by atoms with Crippen LogP contribution in [0.3, 0.4) is 0 Å². The number of likely N-dealkylation sites (N-methyl/N-ethyl adjacent to an activating group) is 1. The summed E-state index contributed by atoms with van der Waals surface area (Å²) in [7, 11) is 0. The summed E-state index contributed by atoms with van der Waals surface area (Å²) in [6, 6.07) is 11.0. The van der Waals surface area contributed by atoms with E-state index in [9.17, 15) is 15.0 Å². The van der Waals surface area contributed by atoms with E-state index in [4.69, 9.17) is 20.3 Å². The molecule has 0 radical (unpaired) electrons. The highest BCUT2D eigenvalue weighted by Gasteiger charge is 2.48. The number of carbonyl (C=O) groups excluding carboxylic acids is 1. The highest BCUT2D eigenvalue weighted by molar-refractivity contribution is 6.03. The molecule has 0 spiro atoms. The second-order valence-corrected chi connectivity index (χ2v) is 8.70. The number of allylic oxidation sites excluding steroid dienone is 1. The van der Waals surface area contributed by atoms with Crippen LogP contribution in [0.25, 0.3) is 0 Å². The Kier molecular flexibility index (Phi) is 9.22. The van der Waals surface area contributed by atoms with Gasteiger partial charge in [0.05, 0.1) is 18.9 Å². The molecule has 0 fully saturated rings. The maximum Gasteiger partial charge on any atom is 0.308 e. The third kappa shape index (κ3) is 5.60. The first-order chi connectivity index (χ1) is 17.3. The van der Waals surface area contributed by atoms with Gasteiger partial charge in [-0.2, -0.15) is 0 Å². The van der Waals surface area contributed by atoms with Crippen molar-refractivity contribution in [1.29, 1.82) is 0 Å². The Hall–Kier alpha value is -3.24. The summed E-state index contributed by atoms with van der Waals surface area (Å²) in [6.45, 7) is 9.02. The Morgan fingerprint density at radius 1 is 1.08 bits per heavy atom. The first-order valence-electron chi connectivity index (χ1n) is 12.2. The Morgan fingerprint density at radius 2 is 1.75 bits per heavy atom. The lowest BCUT2D eigenvalue weighted by molar-refractivity contribution is -0.943. The Bertz CT molecular complexity index is 1150. The normalized spacial score (nSPS) is 17.9. The third-order valence-electron chi connectivity index (χ3n) is 6.41. The van der Waals surface area contributed by atoms with Gasteiger partial charge in [-0.1, -0.05) is 23.3 Å². The van der Waals surface area contributed by atoms with Crippen molar-refractivity contribution >= 4 is 11.6 Å². The predicted octanol–water partition coefficient (Wildman–Crippen LogP) is 2.43. The van der Waals surface area contributed by atoms with Crippen molar-refractivity contribution in [2.75, 3.05) is 32.8 Å². The zero-order valence-electron chi connectivity index (χ0n) is 21.5. The zero-order chi connectivity index (χ0) is 26.3. The van der Waals surface area contributed by atoms with Crippen LogP contribution in [0, 0.1) is 13.8 Å². The van der Waals surface area contributed by atoms with Crippen molar-refractivity contribution < 1.29 is 29.1 Å². The Morgan fingerprint density at radius 3 is 2.42 bits per heavy atom. The molecule has 3 rings (SSSR count). The van der Waals surface area contributed by atoms with Crippen LogP contribution < -0.4 is 20.5 Å². The molecule has 9 heteroatoms. The second-order valence-electron chi connectivity index (χ2n) is 8.70. The molecule has 2 unspecified atom stereocenters. The summed E-state index contributed by atoms with van der Waals surface area (Å²) in [5.74, 6) is 0.976. The van der Waals surface area contributed by atoms with E-state index >= 15 is 0 Å². The van der Waals surface area contributed by atoms with Gasteiger partial charge in [0.15, 0.2) is 0 Å². The van der Waals surface area contributed by atoms with E-state index in [1.807, 2.05) is 64.1 Å². The van der Waals surface area contributed by atoms with E-state index < -0.39 is 6.23 Å². The van der Waals surface area contributed by atoms with Gasteiger partial charge < -0.3 is 30.7 Å². The van der Waals surface area contributed by atoms with Crippen molar-refractivity contribution in [3.63, 3.8) is 0 Å². The number of aliphatic hydroxyl groups is 2. The minimum atomic E-state index is -1.11. The monoisotopic (exact) mass is 497 g/mol. The number of rotatable bonds is 12. The van der Waals surface area contributed by atoms with Gasteiger partial charge in [0, 0.05) is 23.7 Å². The topological polar surface area (TPSA) is 126 Å². The molecule has 194 valence electrons. The van der Waals surface area contributed by atoms with Gasteiger partial charge in [-0.3, -0.25) is 4.79 Å². The number of amides is 1. The summed E-state index contributed by atoms with van der Waals surface area (Å²) in [5.41, 5.74) is 9.65. The van der Waals surface area contributed by atoms with Crippen LogP contribution in [0.15, 0.2) is 53.3 Å². The fourth-order valence-electron chi connectivity index (χ4n) is 4.39. The van der Waals surface area contributed by atoms with Gasteiger partial charge in [0.1, 0.15) is 31.3 Å². The van der Waals surface area contributed by atoms with Crippen LogP contribution in [0.5, 0.6) is 11.5 Å². The SMILES string of the molecule is CC[N+]1(C(O)c2cccc(OCCN)c2C)N=C(C)C=C1C(=O)NCCOc1cccc(CO)c1C. The minimum absolute atomic E-state index is 0.0614. The molecule has 2 atom stereocenters. The highest BCUT2D eigenvalue weighted by atomic mass is 16.5. The molecular formula is C27H37N4O5+. The average Bonchev–Trinajstić information content (AvgIpc) is 3.24. The van der Waals surface area contributed by atoms with Crippen LogP contribution >= 0.6 is 0 Å². The molecule has 0 aromatic heterocycles. The quantitative estimate of drug-likeness (QED) is 0.264. The average molecular weight is 498 g/mol. The summed E-state index contributed by atoms with van der Waals surface area (Å²) in [4.78, 5) is 13.3. The maximum atomic E-state index is 13.3. The second kappa shape index (κ2) is 12.1. The lowest BCUT2D eigenvalue weighted by Crippen LogP contribution is -2.49. The highest BCUT2D eigenvalue weighted by Crippen LogP contribution is 2.39. The van der Waals surface area contributed by atoms with Crippen molar-refractivity contribution in [3.05, 3.63) is 70.4 Å². The van der Waals surface area contributed by atoms with E-state index in [-0.39, 0.29) is 30.3 Å². The fourth-order valence-corrected chi connectivity index (χ4v) is 4.39. The van der Waals surface area contributed by atoms with E-state index in [1.165, 1.54) is 0 Å². The predicted molar refractivity (Wildman–Crippen MR) is 138 cm³/mol. The molecule has 1 aliphatic heterocycles. The van der Waals surface area contributed by atoms with Crippen LogP contribution in [-0.2, 0) is 11.4 Å². The van der Waals surface area contributed by atoms with Crippen molar-refractivity contribution in [2.45, 2.75) is 40.5 Å². The summed E-state index contributed by atoms with van der Waals surface area (Å²) < 4.78 is 11.3. The number of nitrogens with two attached hydrogens (primary N) is 1. The molecule has 0 saturated carbocycles. The van der Waals surface area contributed by atoms with Crippen LogP contribution in [0.4, 0.5) is 0 Å². The Balaban J connectivity index is 1.74. The third-order valence-corrected chi connectivity index (χ3v) is 6.41.